The van der Waals surface area contributed by atoms with E-state index < -0.39 is 0 Å². The molecule has 2 N–H and O–H groups in total. The van der Waals surface area contributed by atoms with Gasteiger partial charge in [0.25, 0.3) is 0 Å². The van der Waals surface area contributed by atoms with E-state index in [9.17, 15) is 0 Å². The van der Waals surface area contributed by atoms with Crippen molar-refractivity contribution in [3.05, 3.63) is 28.8 Å². The van der Waals surface area contributed by atoms with E-state index >= 15 is 0 Å². The minimum absolute atomic E-state index is 0.593. The Morgan fingerprint density at radius 1 is 1.50 bits per heavy atom. The minimum atomic E-state index is 0.593. The molecule has 18 heavy (non-hydrogen) atoms. The molecule has 1 aliphatic heterocycles. The number of hydrogen-bond acceptors (Lipinski definition) is 3. The average Bonchev–Trinajstić information content (AvgIpc) is 2.35. The predicted molar refractivity (Wildman–Crippen MR) is 78.6 cm³/mol. The summed E-state index contributed by atoms with van der Waals surface area (Å²) in [4.78, 5) is 2.38. The summed E-state index contributed by atoms with van der Waals surface area (Å²) in [5.74, 6) is 0. The number of anilines is 1. The lowest BCUT2D eigenvalue weighted by Crippen LogP contribution is -2.49. The van der Waals surface area contributed by atoms with E-state index in [2.05, 4.69) is 35.6 Å². The maximum atomic E-state index is 6.10. The molecule has 1 aromatic rings. The zero-order valence-electron chi connectivity index (χ0n) is 11.2. The summed E-state index contributed by atoms with van der Waals surface area (Å²) in [6.07, 6.45) is 1.14. The number of benzene rings is 1. The quantitative estimate of drug-likeness (QED) is 0.877. The third-order valence-electron chi connectivity index (χ3n) is 3.53. The molecule has 0 bridgehead atoms. The number of piperazine rings is 1. The Morgan fingerprint density at radius 2 is 2.33 bits per heavy atom. The Bertz CT molecular complexity index is 395. The van der Waals surface area contributed by atoms with Gasteiger partial charge in [-0.1, -0.05) is 17.7 Å². The van der Waals surface area contributed by atoms with Crippen LogP contribution in [0.4, 0.5) is 5.69 Å². The van der Waals surface area contributed by atoms with Gasteiger partial charge in [0.05, 0.1) is 0 Å². The third-order valence-corrected chi connectivity index (χ3v) is 3.94. The van der Waals surface area contributed by atoms with Gasteiger partial charge in [0, 0.05) is 42.9 Å². The molecule has 1 unspecified atom stereocenters. The molecule has 100 valence electrons. The summed E-state index contributed by atoms with van der Waals surface area (Å²) in [5.41, 5.74) is 2.28. The molecular formula is C14H22ClN3. The maximum Gasteiger partial charge on any atom is 0.0455 e. The van der Waals surface area contributed by atoms with Crippen LogP contribution in [0.25, 0.3) is 0 Å². The molecule has 4 heteroatoms. The van der Waals surface area contributed by atoms with Gasteiger partial charge < -0.3 is 15.5 Å². The first-order valence-corrected chi connectivity index (χ1v) is 6.95. The maximum absolute atomic E-state index is 6.10. The molecule has 0 saturated carbocycles. The van der Waals surface area contributed by atoms with Crippen molar-refractivity contribution in [3.8, 4) is 0 Å². The molecule has 1 heterocycles. The van der Waals surface area contributed by atoms with E-state index in [-0.39, 0.29) is 0 Å². The second-order valence-corrected chi connectivity index (χ2v) is 5.45. The lowest BCUT2D eigenvalue weighted by molar-refractivity contribution is 0.234. The fourth-order valence-corrected chi connectivity index (χ4v) is 2.54. The van der Waals surface area contributed by atoms with Crippen molar-refractivity contribution in [1.82, 2.24) is 10.2 Å². The van der Waals surface area contributed by atoms with Gasteiger partial charge in [-0.3, -0.25) is 0 Å². The highest BCUT2D eigenvalue weighted by Crippen LogP contribution is 2.22. The van der Waals surface area contributed by atoms with E-state index in [1.165, 1.54) is 0 Å². The molecule has 2 rings (SSSR count). The van der Waals surface area contributed by atoms with E-state index in [1.54, 1.807) is 0 Å². The molecule has 1 aliphatic rings. The van der Waals surface area contributed by atoms with Gasteiger partial charge in [0.1, 0.15) is 0 Å². The van der Waals surface area contributed by atoms with Gasteiger partial charge >= 0.3 is 0 Å². The summed E-state index contributed by atoms with van der Waals surface area (Å²) >= 11 is 6.10. The molecule has 0 amide bonds. The van der Waals surface area contributed by atoms with Crippen molar-refractivity contribution in [2.24, 2.45) is 0 Å². The van der Waals surface area contributed by atoms with Gasteiger partial charge in [0.15, 0.2) is 0 Å². The molecular weight excluding hydrogens is 246 g/mol. The lowest BCUT2D eigenvalue weighted by Gasteiger charge is -2.31. The molecule has 0 aromatic heterocycles. The standard InChI is InChI=1S/C14H22ClN3/c1-11-13(15)4-3-5-14(11)17-7-6-12-10-18(2)9-8-16-12/h3-5,12,16-17H,6-10H2,1-2H3. The van der Waals surface area contributed by atoms with E-state index in [1.807, 2.05) is 12.1 Å². The summed E-state index contributed by atoms with van der Waals surface area (Å²) < 4.78 is 0. The normalized spacial score (nSPS) is 20.9. The third kappa shape index (κ3) is 3.61. The number of nitrogens with one attached hydrogen (secondary N) is 2. The van der Waals surface area contributed by atoms with Crippen LogP contribution in [0.2, 0.25) is 5.02 Å². The highest BCUT2D eigenvalue weighted by molar-refractivity contribution is 6.31. The number of rotatable bonds is 4. The SMILES string of the molecule is Cc1c(Cl)cccc1NCCC1CN(C)CCN1. The molecule has 1 atom stereocenters. The molecule has 1 fully saturated rings. The summed E-state index contributed by atoms with van der Waals surface area (Å²) in [5, 5.41) is 7.86. The van der Waals surface area contributed by atoms with E-state index in [0.717, 1.165) is 48.9 Å². The summed E-state index contributed by atoms with van der Waals surface area (Å²) in [7, 11) is 2.18. The van der Waals surface area contributed by atoms with Crippen LogP contribution < -0.4 is 10.6 Å². The Kier molecular flexibility index (Phi) is 4.87. The van der Waals surface area contributed by atoms with Crippen LogP contribution in [0.3, 0.4) is 0 Å². The molecule has 1 aromatic carbocycles. The lowest BCUT2D eigenvalue weighted by atomic mass is 10.1. The molecule has 3 nitrogen and oxygen atoms in total. The number of nitrogens with zero attached hydrogens (tertiary/aromatic N) is 1. The monoisotopic (exact) mass is 267 g/mol. The van der Waals surface area contributed by atoms with Crippen molar-refractivity contribution >= 4 is 17.3 Å². The van der Waals surface area contributed by atoms with E-state index in [0.29, 0.717) is 6.04 Å². The Morgan fingerprint density at radius 3 is 3.11 bits per heavy atom. The molecule has 0 spiro atoms. The van der Waals surface area contributed by atoms with Crippen LogP contribution in [0.15, 0.2) is 18.2 Å². The minimum Gasteiger partial charge on any atom is -0.385 e. The second-order valence-electron chi connectivity index (χ2n) is 5.04. The Labute approximate surface area is 115 Å². The smallest absolute Gasteiger partial charge is 0.0455 e. The molecule has 0 aliphatic carbocycles. The zero-order valence-corrected chi connectivity index (χ0v) is 11.9. The fraction of sp³-hybridized carbons (Fsp3) is 0.571. The van der Waals surface area contributed by atoms with Gasteiger partial charge in [-0.05, 0) is 38.1 Å². The van der Waals surface area contributed by atoms with Gasteiger partial charge in [-0.15, -0.1) is 0 Å². The van der Waals surface area contributed by atoms with Gasteiger partial charge in [-0.2, -0.15) is 0 Å². The van der Waals surface area contributed by atoms with Crippen LogP contribution in [-0.2, 0) is 0 Å². The van der Waals surface area contributed by atoms with Crippen molar-refractivity contribution in [2.45, 2.75) is 19.4 Å². The van der Waals surface area contributed by atoms with E-state index in [4.69, 9.17) is 11.6 Å². The van der Waals surface area contributed by atoms with Crippen LogP contribution in [0.5, 0.6) is 0 Å². The number of likely N-dealkylation sites (N-methyl/N-ethyl adjacent to an activating group) is 1. The first-order valence-electron chi connectivity index (χ1n) is 6.57. The summed E-state index contributed by atoms with van der Waals surface area (Å²) in [6, 6.07) is 6.60. The average molecular weight is 268 g/mol. The second kappa shape index (κ2) is 6.41. The first-order chi connectivity index (χ1) is 8.66. The molecule has 0 radical (unpaired) electrons. The van der Waals surface area contributed by atoms with Gasteiger partial charge in [0.2, 0.25) is 0 Å². The van der Waals surface area contributed by atoms with Crippen molar-refractivity contribution < 1.29 is 0 Å². The number of halogens is 1. The summed E-state index contributed by atoms with van der Waals surface area (Å²) in [6.45, 7) is 6.41. The van der Waals surface area contributed by atoms with Crippen LogP contribution in [0.1, 0.15) is 12.0 Å². The van der Waals surface area contributed by atoms with Crippen LogP contribution >= 0.6 is 11.6 Å². The zero-order chi connectivity index (χ0) is 13.0. The van der Waals surface area contributed by atoms with Gasteiger partial charge in [-0.25, -0.2) is 0 Å². The van der Waals surface area contributed by atoms with Crippen molar-refractivity contribution in [2.75, 3.05) is 38.5 Å². The topological polar surface area (TPSA) is 27.3 Å². The highest BCUT2D eigenvalue weighted by atomic mass is 35.5. The van der Waals surface area contributed by atoms with Crippen LogP contribution in [0, 0.1) is 6.92 Å². The first kappa shape index (κ1) is 13.7. The predicted octanol–water partition coefficient (Wildman–Crippen LogP) is 2.35. The van der Waals surface area contributed by atoms with Crippen molar-refractivity contribution in [1.29, 1.82) is 0 Å². The Balaban J connectivity index is 1.79. The number of hydrogen-bond donors (Lipinski definition) is 2. The fourth-order valence-electron chi connectivity index (χ4n) is 2.36. The largest absolute Gasteiger partial charge is 0.385 e. The highest BCUT2D eigenvalue weighted by Gasteiger charge is 2.15. The van der Waals surface area contributed by atoms with Crippen LogP contribution in [-0.4, -0.2) is 44.2 Å². The van der Waals surface area contributed by atoms with Crippen molar-refractivity contribution in [3.63, 3.8) is 0 Å². The Hall–Kier alpha value is -0.770. The molecule has 1 saturated heterocycles.